The number of hydrogen-bond acceptors (Lipinski definition) is 3. The molecule has 0 aliphatic heterocycles. The zero-order valence-electron chi connectivity index (χ0n) is 13.1. The molecule has 0 aliphatic rings. The highest BCUT2D eigenvalue weighted by Crippen LogP contribution is 2.16. The van der Waals surface area contributed by atoms with E-state index in [4.69, 9.17) is 0 Å². The summed E-state index contributed by atoms with van der Waals surface area (Å²) in [6.45, 7) is 1.96. The SMILES string of the molecule is Cc1cc(=O)n2c3ccccc3nc2n1CC(=O)c1ccccc1. The van der Waals surface area contributed by atoms with Crippen molar-refractivity contribution in [2.75, 3.05) is 0 Å². The average molecular weight is 317 g/mol. The van der Waals surface area contributed by atoms with Gasteiger partial charge in [0.15, 0.2) is 5.78 Å². The molecule has 2 heterocycles. The quantitative estimate of drug-likeness (QED) is 0.546. The first-order valence-corrected chi connectivity index (χ1v) is 7.71. The van der Waals surface area contributed by atoms with E-state index >= 15 is 0 Å². The van der Waals surface area contributed by atoms with Gasteiger partial charge in [0.25, 0.3) is 5.56 Å². The number of Topliss-reactive ketones (excluding diaryl/α,β-unsaturated/α-hetero) is 1. The number of carbonyl (C=O) groups excluding carboxylic acids is 1. The lowest BCUT2D eigenvalue weighted by atomic mass is 10.1. The Hall–Kier alpha value is -3.21. The minimum atomic E-state index is -0.139. The number of aryl methyl sites for hydroxylation is 1. The lowest BCUT2D eigenvalue weighted by molar-refractivity contribution is 0.0972. The Morgan fingerprint density at radius 2 is 1.75 bits per heavy atom. The summed E-state index contributed by atoms with van der Waals surface area (Å²) in [6, 6.07) is 18.1. The highest BCUT2D eigenvalue weighted by atomic mass is 16.1. The van der Waals surface area contributed by atoms with Crippen molar-refractivity contribution < 1.29 is 4.79 Å². The maximum Gasteiger partial charge on any atom is 0.259 e. The molecule has 0 atom stereocenters. The number of para-hydroxylation sites is 2. The van der Waals surface area contributed by atoms with E-state index in [0.29, 0.717) is 17.0 Å². The summed E-state index contributed by atoms with van der Waals surface area (Å²) in [5, 5.41) is 0. The number of imidazole rings is 1. The fourth-order valence-electron chi connectivity index (χ4n) is 2.94. The van der Waals surface area contributed by atoms with E-state index in [1.807, 2.05) is 49.4 Å². The number of nitrogens with zero attached hydrogens (tertiary/aromatic N) is 3. The summed E-state index contributed by atoms with van der Waals surface area (Å²) >= 11 is 0. The van der Waals surface area contributed by atoms with Gasteiger partial charge in [0.2, 0.25) is 5.78 Å². The Morgan fingerprint density at radius 1 is 1.04 bits per heavy atom. The molecule has 0 saturated heterocycles. The number of ketones is 1. The zero-order chi connectivity index (χ0) is 16.7. The van der Waals surface area contributed by atoms with Gasteiger partial charge in [0, 0.05) is 17.3 Å². The van der Waals surface area contributed by atoms with E-state index in [-0.39, 0.29) is 17.9 Å². The molecule has 0 fully saturated rings. The van der Waals surface area contributed by atoms with E-state index in [1.165, 1.54) is 0 Å². The van der Waals surface area contributed by atoms with Gasteiger partial charge in [-0.25, -0.2) is 9.38 Å². The van der Waals surface area contributed by atoms with E-state index in [2.05, 4.69) is 4.98 Å². The summed E-state index contributed by atoms with van der Waals surface area (Å²) in [5.41, 5.74) is 2.70. The van der Waals surface area contributed by atoms with Crippen LogP contribution in [0.25, 0.3) is 16.8 Å². The molecule has 24 heavy (non-hydrogen) atoms. The van der Waals surface area contributed by atoms with Crippen molar-refractivity contribution in [1.82, 2.24) is 14.0 Å². The fraction of sp³-hybridized carbons (Fsp3) is 0.105. The number of fused-ring (bicyclic) bond motifs is 3. The molecule has 0 N–H and O–H groups in total. The van der Waals surface area contributed by atoms with Crippen LogP contribution in [0.2, 0.25) is 0 Å². The molecule has 0 spiro atoms. The Balaban J connectivity index is 1.92. The Bertz CT molecular complexity index is 1120. The molecule has 5 nitrogen and oxygen atoms in total. The summed E-state index contributed by atoms with van der Waals surface area (Å²) < 4.78 is 3.34. The monoisotopic (exact) mass is 317 g/mol. The van der Waals surface area contributed by atoms with Crippen LogP contribution in [0.1, 0.15) is 16.1 Å². The van der Waals surface area contributed by atoms with Crippen LogP contribution in [0.15, 0.2) is 65.5 Å². The second kappa shape index (κ2) is 5.45. The van der Waals surface area contributed by atoms with Crippen molar-refractivity contribution in [2.45, 2.75) is 13.5 Å². The van der Waals surface area contributed by atoms with Gasteiger partial charge in [-0.2, -0.15) is 0 Å². The highest BCUT2D eigenvalue weighted by molar-refractivity contribution is 5.96. The Morgan fingerprint density at radius 3 is 2.54 bits per heavy atom. The van der Waals surface area contributed by atoms with Crippen LogP contribution < -0.4 is 5.56 Å². The van der Waals surface area contributed by atoms with Gasteiger partial charge in [0.05, 0.1) is 17.6 Å². The second-order valence-corrected chi connectivity index (χ2v) is 5.74. The molecule has 0 saturated carbocycles. The standard InChI is InChI=1S/C19H15N3O2/c1-13-11-18(24)22-16-10-6-5-9-15(16)20-19(22)21(13)12-17(23)14-7-3-2-4-8-14/h2-11H,12H2,1H3. The van der Waals surface area contributed by atoms with Crippen molar-refractivity contribution in [2.24, 2.45) is 0 Å². The number of rotatable bonds is 3. The van der Waals surface area contributed by atoms with Crippen LogP contribution in [-0.2, 0) is 6.54 Å². The molecular weight excluding hydrogens is 302 g/mol. The minimum absolute atomic E-state index is 0.0173. The lowest BCUT2D eigenvalue weighted by Crippen LogP contribution is -2.22. The summed E-state index contributed by atoms with van der Waals surface area (Å²) in [4.78, 5) is 29.5. The normalized spacial score (nSPS) is 11.2. The molecular formula is C19H15N3O2. The minimum Gasteiger partial charge on any atom is -0.308 e. The Labute approximate surface area is 137 Å². The second-order valence-electron chi connectivity index (χ2n) is 5.74. The topological polar surface area (TPSA) is 56.4 Å². The van der Waals surface area contributed by atoms with Crippen molar-refractivity contribution in [3.05, 3.63) is 82.3 Å². The predicted octanol–water partition coefficient (Wildman–Crippen LogP) is 2.84. The van der Waals surface area contributed by atoms with E-state index < -0.39 is 0 Å². The smallest absolute Gasteiger partial charge is 0.259 e. The molecule has 4 aromatic rings. The van der Waals surface area contributed by atoms with Crippen LogP contribution in [0.3, 0.4) is 0 Å². The third-order valence-corrected chi connectivity index (χ3v) is 4.16. The molecule has 0 radical (unpaired) electrons. The molecule has 2 aromatic carbocycles. The molecule has 0 unspecified atom stereocenters. The average Bonchev–Trinajstić information content (AvgIpc) is 2.99. The molecule has 118 valence electrons. The van der Waals surface area contributed by atoms with E-state index in [0.717, 1.165) is 11.0 Å². The number of carbonyl (C=O) groups is 1. The molecule has 0 bridgehead atoms. The maximum absolute atomic E-state index is 12.6. The number of benzene rings is 2. The van der Waals surface area contributed by atoms with Crippen LogP contribution >= 0.6 is 0 Å². The van der Waals surface area contributed by atoms with Crippen LogP contribution in [0, 0.1) is 6.92 Å². The van der Waals surface area contributed by atoms with E-state index in [1.54, 1.807) is 27.2 Å². The number of hydrogen-bond donors (Lipinski definition) is 0. The van der Waals surface area contributed by atoms with Gasteiger partial charge in [0.1, 0.15) is 0 Å². The third-order valence-electron chi connectivity index (χ3n) is 4.16. The molecule has 0 amide bonds. The first-order chi connectivity index (χ1) is 11.6. The van der Waals surface area contributed by atoms with E-state index in [9.17, 15) is 9.59 Å². The molecule has 0 aliphatic carbocycles. The van der Waals surface area contributed by atoms with Crippen molar-refractivity contribution in [3.63, 3.8) is 0 Å². The molecule has 4 rings (SSSR count). The van der Waals surface area contributed by atoms with Gasteiger partial charge in [-0.15, -0.1) is 0 Å². The number of aromatic nitrogens is 3. The van der Waals surface area contributed by atoms with Gasteiger partial charge >= 0.3 is 0 Å². The van der Waals surface area contributed by atoms with Gasteiger partial charge in [-0.1, -0.05) is 42.5 Å². The van der Waals surface area contributed by atoms with Crippen molar-refractivity contribution in [3.8, 4) is 0 Å². The maximum atomic E-state index is 12.6. The third kappa shape index (κ3) is 2.22. The van der Waals surface area contributed by atoms with Crippen molar-refractivity contribution >= 4 is 22.6 Å². The molecule has 2 aromatic heterocycles. The van der Waals surface area contributed by atoms with Gasteiger partial charge in [-0.05, 0) is 19.1 Å². The fourth-order valence-corrected chi connectivity index (χ4v) is 2.94. The van der Waals surface area contributed by atoms with Gasteiger partial charge in [-0.3, -0.25) is 9.59 Å². The van der Waals surface area contributed by atoms with Crippen LogP contribution in [-0.4, -0.2) is 19.7 Å². The zero-order valence-corrected chi connectivity index (χ0v) is 13.1. The van der Waals surface area contributed by atoms with Crippen LogP contribution in [0.5, 0.6) is 0 Å². The first kappa shape index (κ1) is 14.4. The lowest BCUT2D eigenvalue weighted by Gasteiger charge is -2.11. The predicted molar refractivity (Wildman–Crippen MR) is 92.5 cm³/mol. The first-order valence-electron chi connectivity index (χ1n) is 7.71. The van der Waals surface area contributed by atoms with Gasteiger partial charge < -0.3 is 4.57 Å². The Kier molecular flexibility index (Phi) is 3.27. The highest BCUT2D eigenvalue weighted by Gasteiger charge is 2.15. The molecule has 5 heteroatoms. The summed E-state index contributed by atoms with van der Waals surface area (Å²) in [5.74, 6) is 0.474. The van der Waals surface area contributed by atoms with Crippen molar-refractivity contribution in [1.29, 1.82) is 0 Å². The summed E-state index contributed by atoms with van der Waals surface area (Å²) in [6.07, 6.45) is 0. The van der Waals surface area contributed by atoms with Crippen LogP contribution in [0.4, 0.5) is 0 Å². The summed E-state index contributed by atoms with van der Waals surface area (Å²) in [7, 11) is 0. The largest absolute Gasteiger partial charge is 0.308 e.